The zero-order valence-corrected chi connectivity index (χ0v) is 7.92. The van der Waals surface area contributed by atoms with Gasteiger partial charge >= 0.3 is 0 Å². The molecule has 1 saturated heterocycles. The minimum Gasteiger partial charge on any atom is -0.382 e. The van der Waals surface area contributed by atoms with Crippen molar-refractivity contribution in [3.8, 4) is 0 Å². The number of carbonyl (C=O) groups is 1. The topological polar surface area (TPSA) is 49.3 Å². The van der Waals surface area contributed by atoms with Gasteiger partial charge in [0.25, 0.3) is 0 Å². The van der Waals surface area contributed by atoms with Crippen LogP contribution in [0, 0.1) is 5.92 Å². The van der Waals surface area contributed by atoms with Crippen LogP contribution in [0.5, 0.6) is 0 Å². The first-order valence-electron chi connectivity index (χ1n) is 4.43. The summed E-state index contributed by atoms with van der Waals surface area (Å²) in [5.74, 6) is -0.0884. The van der Waals surface area contributed by atoms with Gasteiger partial charge in [-0.15, -0.1) is 0 Å². The second-order valence-corrected chi connectivity index (χ2v) is 3.89. The number of carbonyl (C=O) groups excluding carboxylic acids is 1. The summed E-state index contributed by atoms with van der Waals surface area (Å²) >= 11 is 0. The number of ketones is 1. The lowest BCUT2D eigenvalue weighted by molar-refractivity contribution is -0.144. The van der Waals surface area contributed by atoms with Crippen LogP contribution in [0.1, 0.15) is 27.2 Å². The van der Waals surface area contributed by atoms with E-state index in [9.17, 15) is 9.90 Å². The molecule has 0 spiro atoms. The Labute approximate surface area is 73.2 Å². The average molecular weight is 171 g/mol. The van der Waals surface area contributed by atoms with Crippen molar-refractivity contribution in [1.29, 1.82) is 0 Å². The lowest BCUT2D eigenvalue weighted by Gasteiger charge is -2.39. The Balaban J connectivity index is 2.77. The van der Waals surface area contributed by atoms with Gasteiger partial charge in [0.1, 0.15) is 5.60 Å². The summed E-state index contributed by atoms with van der Waals surface area (Å²) in [5.41, 5.74) is -1.09. The third kappa shape index (κ3) is 1.52. The molecule has 0 saturated carbocycles. The summed E-state index contributed by atoms with van der Waals surface area (Å²) in [5, 5.41) is 13.2. The van der Waals surface area contributed by atoms with Crippen LogP contribution in [-0.2, 0) is 4.79 Å². The van der Waals surface area contributed by atoms with Gasteiger partial charge in [0.05, 0.1) is 0 Å². The Kier molecular flexibility index (Phi) is 2.54. The largest absolute Gasteiger partial charge is 0.382 e. The maximum Gasteiger partial charge on any atom is 0.161 e. The first kappa shape index (κ1) is 9.68. The number of nitrogens with one attached hydrogen (secondary N) is 1. The number of rotatable bonds is 1. The summed E-state index contributed by atoms with van der Waals surface area (Å²) in [6, 6.07) is 0.232. The highest BCUT2D eigenvalue weighted by Gasteiger charge is 2.42. The molecule has 3 heteroatoms. The molecule has 0 radical (unpaired) electrons. The molecule has 0 aromatic rings. The van der Waals surface area contributed by atoms with E-state index in [4.69, 9.17) is 0 Å². The smallest absolute Gasteiger partial charge is 0.161 e. The molecular formula is C9H17NO2. The summed E-state index contributed by atoms with van der Waals surface area (Å²) in [6.45, 7) is 6.08. The maximum atomic E-state index is 11.2. The molecule has 12 heavy (non-hydrogen) atoms. The van der Waals surface area contributed by atoms with Crippen molar-refractivity contribution in [2.45, 2.75) is 38.8 Å². The SMILES string of the molecule is CC(=O)C1(O)CC(C)NCC1C. The number of aliphatic hydroxyl groups is 1. The van der Waals surface area contributed by atoms with Crippen molar-refractivity contribution < 1.29 is 9.90 Å². The Morgan fingerprint density at radius 1 is 1.58 bits per heavy atom. The van der Waals surface area contributed by atoms with E-state index in [2.05, 4.69) is 5.32 Å². The zero-order chi connectivity index (χ0) is 9.35. The highest BCUT2D eigenvalue weighted by atomic mass is 16.3. The van der Waals surface area contributed by atoms with E-state index in [-0.39, 0.29) is 17.7 Å². The maximum absolute atomic E-state index is 11.2. The third-order valence-electron chi connectivity index (χ3n) is 2.81. The molecule has 1 fully saturated rings. The molecule has 0 aromatic carbocycles. The molecule has 3 nitrogen and oxygen atoms in total. The second-order valence-electron chi connectivity index (χ2n) is 3.89. The number of piperidine rings is 1. The molecule has 3 atom stereocenters. The van der Waals surface area contributed by atoms with Gasteiger partial charge in [-0.2, -0.15) is 0 Å². The van der Waals surface area contributed by atoms with Crippen LogP contribution in [0.25, 0.3) is 0 Å². The van der Waals surface area contributed by atoms with Gasteiger partial charge in [0, 0.05) is 18.5 Å². The average Bonchev–Trinajstić information content (AvgIpc) is 1.97. The number of Topliss-reactive ketones (excluding diaryl/α,β-unsaturated/α-hetero) is 1. The predicted octanol–water partition coefficient (Wildman–Crippen LogP) is 0.324. The van der Waals surface area contributed by atoms with Crippen molar-refractivity contribution in [3.05, 3.63) is 0 Å². The van der Waals surface area contributed by atoms with E-state index in [0.717, 1.165) is 6.54 Å². The third-order valence-corrected chi connectivity index (χ3v) is 2.81. The van der Waals surface area contributed by atoms with E-state index >= 15 is 0 Å². The molecule has 0 aromatic heterocycles. The van der Waals surface area contributed by atoms with E-state index < -0.39 is 5.60 Å². The Bertz CT molecular complexity index is 193. The molecule has 1 heterocycles. The van der Waals surface area contributed by atoms with E-state index in [1.54, 1.807) is 0 Å². The molecule has 1 rings (SSSR count). The molecule has 0 aliphatic carbocycles. The van der Waals surface area contributed by atoms with Gasteiger partial charge < -0.3 is 10.4 Å². The Hall–Kier alpha value is -0.410. The second kappa shape index (κ2) is 3.15. The van der Waals surface area contributed by atoms with E-state index in [1.165, 1.54) is 6.92 Å². The molecular weight excluding hydrogens is 154 g/mol. The van der Waals surface area contributed by atoms with Crippen molar-refractivity contribution in [2.75, 3.05) is 6.54 Å². The molecule has 0 bridgehead atoms. The van der Waals surface area contributed by atoms with Gasteiger partial charge in [0.2, 0.25) is 0 Å². The first-order valence-corrected chi connectivity index (χ1v) is 4.43. The normalized spacial score (nSPS) is 42.7. The molecule has 2 N–H and O–H groups in total. The summed E-state index contributed by atoms with van der Waals surface area (Å²) in [4.78, 5) is 11.2. The highest BCUT2D eigenvalue weighted by Crippen LogP contribution is 2.27. The van der Waals surface area contributed by atoms with Gasteiger partial charge in [-0.05, 0) is 20.3 Å². The van der Waals surface area contributed by atoms with Crippen molar-refractivity contribution >= 4 is 5.78 Å². The lowest BCUT2D eigenvalue weighted by atomic mass is 9.77. The van der Waals surface area contributed by atoms with E-state index in [1.807, 2.05) is 13.8 Å². The first-order chi connectivity index (χ1) is 5.47. The fraction of sp³-hybridized carbons (Fsp3) is 0.889. The zero-order valence-electron chi connectivity index (χ0n) is 7.92. The number of hydrogen-bond acceptors (Lipinski definition) is 3. The van der Waals surface area contributed by atoms with E-state index in [0.29, 0.717) is 6.42 Å². The van der Waals surface area contributed by atoms with Crippen LogP contribution in [0.2, 0.25) is 0 Å². The monoisotopic (exact) mass is 171 g/mol. The lowest BCUT2D eigenvalue weighted by Crippen LogP contribution is -2.56. The van der Waals surface area contributed by atoms with Crippen molar-refractivity contribution in [2.24, 2.45) is 5.92 Å². The van der Waals surface area contributed by atoms with Crippen LogP contribution in [0.15, 0.2) is 0 Å². The van der Waals surface area contributed by atoms with Crippen LogP contribution in [-0.4, -0.2) is 29.1 Å². The minimum atomic E-state index is -1.09. The molecule has 1 aliphatic heterocycles. The summed E-state index contributed by atoms with van der Waals surface area (Å²) in [7, 11) is 0. The Morgan fingerprint density at radius 3 is 2.58 bits per heavy atom. The minimum absolute atomic E-state index is 0.0196. The molecule has 1 aliphatic rings. The quantitative estimate of drug-likeness (QED) is 0.597. The molecule has 0 amide bonds. The fourth-order valence-electron chi connectivity index (χ4n) is 1.78. The van der Waals surface area contributed by atoms with Gasteiger partial charge in [-0.1, -0.05) is 6.92 Å². The fourth-order valence-corrected chi connectivity index (χ4v) is 1.78. The van der Waals surface area contributed by atoms with Gasteiger partial charge in [-0.3, -0.25) is 4.79 Å². The van der Waals surface area contributed by atoms with Crippen LogP contribution in [0.4, 0.5) is 0 Å². The van der Waals surface area contributed by atoms with Crippen molar-refractivity contribution in [3.63, 3.8) is 0 Å². The van der Waals surface area contributed by atoms with Crippen LogP contribution < -0.4 is 5.32 Å². The van der Waals surface area contributed by atoms with Gasteiger partial charge in [-0.25, -0.2) is 0 Å². The Morgan fingerprint density at radius 2 is 2.17 bits per heavy atom. The predicted molar refractivity (Wildman–Crippen MR) is 46.9 cm³/mol. The highest BCUT2D eigenvalue weighted by molar-refractivity contribution is 5.85. The van der Waals surface area contributed by atoms with Crippen LogP contribution in [0.3, 0.4) is 0 Å². The summed E-state index contributed by atoms with van der Waals surface area (Å²) < 4.78 is 0. The number of hydrogen-bond donors (Lipinski definition) is 2. The van der Waals surface area contributed by atoms with Gasteiger partial charge in [0.15, 0.2) is 5.78 Å². The molecule has 3 unspecified atom stereocenters. The standard InChI is InChI=1S/C9H17NO2/c1-6-5-10-7(2)4-9(6,12)8(3)11/h6-7,10,12H,4-5H2,1-3H3. The van der Waals surface area contributed by atoms with Crippen molar-refractivity contribution in [1.82, 2.24) is 5.32 Å². The summed E-state index contributed by atoms with van der Waals surface area (Å²) in [6.07, 6.45) is 0.531. The van der Waals surface area contributed by atoms with Crippen LogP contribution >= 0.6 is 0 Å². The molecule has 70 valence electrons.